The van der Waals surface area contributed by atoms with E-state index in [9.17, 15) is 14.4 Å². The molecule has 162 valence electrons. The summed E-state index contributed by atoms with van der Waals surface area (Å²) < 4.78 is 10.9. The Morgan fingerprint density at radius 2 is 1.71 bits per heavy atom. The van der Waals surface area contributed by atoms with E-state index >= 15 is 0 Å². The van der Waals surface area contributed by atoms with Crippen molar-refractivity contribution in [2.75, 3.05) is 33.4 Å². The van der Waals surface area contributed by atoms with Crippen molar-refractivity contribution >= 4 is 17.6 Å². The summed E-state index contributed by atoms with van der Waals surface area (Å²) in [6, 6.07) is 13.7. The number of nitrogens with zero attached hydrogens (tertiary/aromatic N) is 2. The van der Waals surface area contributed by atoms with Crippen molar-refractivity contribution in [3.05, 3.63) is 59.7 Å². The maximum Gasteiger partial charge on any atom is 0.260 e. The van der Waals surface area contributed by atoms with Crippen LogP contribution in [0, 0.1) is 5.41 Å². The highest BCUT2D eigenvalue weighted by Crippen LogP contribution is 2.41. The number of ether oxygens (including phenoxy) is 2. The molecule has 7 nitrogen and oxygen atoms in total. The van der Waals surface area contributed by atoms with E-state index in [0.29, 0.717) is 35.7 Å². The van der Waals surface area contributed by atoms with Gasteiger partial charge >= 0.3 is 0 Å². The fourth-order valence-corrected chi connectivity index (χ4v) is 4.64. The summed E-state index contributed by atoms with van der Waals surface area (Å²) in [4.78, 5) is 43.0. The molecule has 1 saturated heterocycles. The molecular weight excluding hydrogens is 396 g/mol. The molecule has 0 N–H and O–H groups in total. The number of hydrogen-bond acceptors (Lipinski definition) is 5. The quantitative estimate of drug-likeness (QED) is 0.741. The number of amides is 2. The first-order chi connectivity index (χ1) is 14.9. The maximum absolute atomic E-state index is 13.5. The first-order valence-electron chi connectivity index (χ1n) is 10.4. The zero-order chi connectivity index (χ0) is 22.2. The molecule has 2 aromatic carbocycles. The van der Waals surface area contributed by atoms with Crippen LogP contribution in [0.5, 0.6) is 11.5 Å². The van der Waals surface area contributed by atoms with Crippen LogP contribution in [0.25, 0.3) is 0 Å². The van der Waals surface area contributed by atoms with Crippen molar-refractivity contribution in [2.24, 2.45) is 5.41 Å². The van der Waals surface area contributed by atoms with Crippen LogP contribution < -0.4 is 9.47 Å². The zero-order valence-corrected chi connectivity index (χ0v) is 18.0. The number of hydrogen-bond donors (Lipinski definition) is 0. The van der Waals surface area contributed by atoms with E-state index in [2.05, 4.69) is 0 Å². The number of rotatable bonds is 5. The molecule has 2 heterocycles. The summed E-state index contributed by atoms with van der Waals surface area (Å²) in [5.74, 6) is 0.527. The number of likely N-dealkylation sites (N-methyl/N-ethyl adjacent to an activating group) is 1. The lowest BCUT2D eigenvalue weighted by molar-refractivity contribution is -0.132. The van der Waals surface area contributed by atoms with E-state index in [4.69, 9.17) is 9.47 Å². The van der Waals surface area contributed by atoms with Gasteiger partial charge in [-0.25, -0.2) is 0 Å². The van der Waals surface area contributed by atoms with Gasteiger partial charge < -0.3 is 19.3 Å². The summed E-state index contributed by atoms with van der Waals surface area (Å²) in [5, 5.41) is 0. The van der Waals surface area contributed by atoms with Crippen LogP contribution in [0.4, 0.5) is 0 Å². The Labute approximate surface area is 181 Å². The smallest absolute Gasteiger partial charge is 0.260 e. The standard InChI is InChI=1S/C24H26N2O5/c1-4-26-20-13-25(21(27)14-31-19-12-8-7-11-18(19)30-3)15-24(20,2)22(28)16-9-5-6-10-17(16)23(26)29/h5-12,20H,4,13-15H2,1-3H3/t20-,24+/m1/s1. The monoisotopic (exact) mass is 422 g/mol. The molecule has 2 atom stereocenters. The number of carbonyl (C=O) groups is 3. The number of ketones is 1. The van der Waals surface area contributed by atoms with E-state index in [0.717, 1.165) is 0 Å². The molecule has 0 unspecified atom stereocenters. The molecule has 2 aromatic rings. The van der Waals surface area contributed by atoms with Gasteiger partial charge in [-0.1, -0.05) is 30.3 Å². The molecule has 2 aliphatic heterocycles. The molecule has 0 saturated carbocycles. The number of methoxy groups -OCH3 is 1. The molecular formula is C24H26N2O5. The van der Waals surface area contributed by atoms with E-state index in [1.807, 2.05) is 19.9 Å². The van der Waals surface area contributed by atoms with Gasteiger partial charge in [0.05, 0.1) is 24.1 Å². The van der Waals surface area contributed by atoms with Crippen molar-refractivity contribution in [1.29, 1.82) is 0 Å². The molecule has 1 fully saturated rings. The number of carbonyl (C=O) groups excluding carboxylic acids is 3. The SMILES string of the molecule is CCN1C(=O)c2ccccc2C(=O)[C@@]2(C)CN(C(=O)COc3ccccc3OC)C[C@@H]12. The Bertz CT molecular complexity index is 1040. The van der Waals surface area contributed by atoms with Crippen molar-refractivity contribution < 1.29 is 23.9 Å². The average Bonchev–Trinajstić information content (AvgIpc) is 3.13. The number of benzene rings is 2. The predicted molar refractivity (Wildman–Crippen MR) is 114 cm³/mol. The van der Waals surface area contributed by atoms with Crippen LogP contribution in [-0.2, 0) is 4.79 Å². The van der Waals surface area contributed by atoms with Gasteiger partial charge in [-0.15, -0.1) is 0 Å². The van der Waals surface area contributed by atoms with Crippen LogP contribution in [-0.4, -0.2) is 66.8 Å². The summed E-state index contributed by atoms with van der Waals surface area (Å²) in [6.45, 7) is 4.57. The van der Waals surface area contributed by atoms with Crippen molar-refractivity contribution in [2.45, 2.75) is 19.9 Å². The van der Waals surface area contributed by atoms with Crippen LogP contribution in [0.3, 0.4) is 0 Å². The lowest BCUT2D eigenvalue weighted by atomic mass is 9.78. The van der Waals surface area contributed by atoms with Gasteiger partial charge in [0.1, 0.15) is 0 Å². The second kappa shape index (κ2) is 8.06. The molecule has 0 aliphatic carbocycles. The van der Waals surface area contributed by atoms with Crippen LogP contribution in [0.1, 0.15) is 34.6 Å². The molecule has 4 rings (SSSR count). The maximum atomic E-state index is 13.5. The van der Waals surface area contributed by atoms with Gasteiger partial charge in [-0.05, 0) is 32.0 Å². The van der Waals surface area contributed by atoms with Crippen LogP contribution >= 0.6 is 0 Å². The molecule has 0 spiro atoms. The van der Waals surface area contributed by atoms with Crippen molar-refractivity contribution in [3.8, 4) is 11.5 Å². The Morgan fingerprint density at radius 1 is 1.06 bits per heavy atom. The van der Waals surface area contributed by atoms with Gasteiger partial charge in [-0.2, -0.15) is 0 Å². The first-order valence-corrected chi connectivity index (χ1v) is 10.4. The summed E-state index contributed by atoms with van der Waals surface area (Å²) in [6.07, 6.45) is 0. The van der Waals surface area contributed by atoms with E-state index in [1.165, 1.54) is 0 Å². The largest absolute Gasteiger partial charge is 0.493 e. The fourth-order valence-electron chi connectivity index (χ4n) is 4.64. The predicted octanol–water partition coefficient (Wildman–Crippen LogP) is 2.65. The first kappa shape index (κ1) is 20.9. The molecule has 31 heavy (non-hydrogen) atoms. The summed E-state index contributed by atoms with van der Waals surface area (Å²) in [7, 11) is 1.54. The number of fused-ring (bicyclic) bond motifs is 2. The van der Waals surface area contributed by atoms with Crippen molar-refractivity contribution in [1.82, 2.24) is 9.80 Å². The third-order valence-electron chi connectivity index (χ3n) is 6.32. The summed E-state index contributed by atoms with van der Waals surface area (Å²) >= 11 is 0. The highest BCUT2D eigenvalue weighted by Gasteiger charge is 2.55. The molecule has 2 amide bonds. The molecule has 7 heteroatoms. The van der Waals surface area contributed by atoms with Gasteiger partial charge in [0.25, 0.3) is 11.8 Å². The molecule has 0 bridgehead atoms. The lowest BCUT2D eigenvalue weighted by Crippen LogP contribution is -2.49. The highest BCUT2D eigenvalue weighted by molar-refractivity contribution is 6.12. The fraction of sp³-hybridized carbons (Fsp3) is 0.375. The van der Waals surface area contributed by atoms with Gasteiger partial charge in [-0.3, -0.25) is 14.4 Å². The van der Waals surface area contributed by atoms with E-state index in [1.54, 1.807) is 59.4 Å². The van der Waals surface area contributed by atoms with Gasteiger partial charge in [0, 0.05) is 25.2 Å². The third kappa shape index (κ3) is 3.44. The summed E-state index contributed by atoms with van der Waals surface area (Å²) in [5.41, 5.74) is -0.0175. The minimum Gasteiger partial charge on any atom is -0.493 e. The Balaban J connectivity index is 1.58. The van der Waals surface area contributed by atoms with Crippen molar-refractivity contribution in [3.63, 3.8) is 0 Å². The lowest BCUT2D eigenvalue weighted by Gasteiger charge is -2.34. The number of likely N-dealkylation sites (tertiary alicyclic amines) is 1. The van der Waals surface area contributed by atoms with E-state index in [-0.39, 0.29) is 36.8 Å². The zero-order valence-electron chi connectivity index (χ0n) is 18.0. The molecule has 0 aromatic heterocycles. The number of para-hydroxylation sites is 2. The Morgan fingerprint density at radius 3 is 2.39 bits per heavy atom. The van der Waals surface area contributed by atoms with Gasteiger partial charge in [0.15, 0.2) is 23.9 Å². The minimum atomic E-state index is -0.877. The van der Waals surface area contributed by atoms with Crippen LogP contribution in [0.15, 0.2) is 48.5 Å². The average molecular weight is 422 g/mol. The minimum absolute atomic E-state index is 0.0988. The topological polar surface area (TPSA) is 76.2 Å². The highest BCUT2D eigenvalue weighted by atomic mass is 16.5. The number of Topliss-reactive ketones (excluding diaryl/α,β-unsaturated/α-hetero) is 1. The normalized spacial score (nSPS) is 22.6. The second-order valence-corrected chi connectivity index (χ2v) is 8.11. The molecule has 0 radical (unpaired) electrons. The molecule has 2 aliphatic rings. The Hall–Kier alpha value is -3.35. The Kier molecular flexibility index (Phi) is 5.43. The third-order valence-corrected chi connectivity index (χ3v) is 6.32. The van der Waals surface area contributed by atoms with Gasteiger partial charge in [0.2, 0.25) is 0 Å². The van der Waals surface area contributed by atoms with E-state index < -0.39 is 5.41 Å². The second-order valence-electron chi connectivity index (χ2n) is 8.11. The van der Waals surface area contributed by atoms with Crippen LogP contribution in [0.2, 0.25) is 0 Å².